The van der Waals surface area contributed by atoms with E-state index in [9.17, 15) is 9.59 Å². The lowest BCUT2D eigenvalue weighted by Gasteiger charge is -2.22. The molecule has 0 radical (unpaired) electrons. The molecule has 1 aliphatic rings. The van der Waals surface area contributed by atoms with Gasteiger partial charge >= 0.3 is 5.97 Å². The normalized spacial score (nSPS) is 15.9. The Kier molecular flexibility index (Phi) is 3.35. The lowest BCUT2D eigenvalue weighted by Crippen LogP contribution is -2.38. The molecule has 1 fully saturated rings. The second-order valence-corrected chi connectivity index (χ2v) is 5.48. The summed E-state index contributed by atoms with van der Waals surface area (Å²) < 4.78 is 0. The summed E-state index contributed by atoms with van der Waals surface area (Å²) >= 11 is 0. The van der Waals surface area contributed by atoms with Gasteiger partial charge in [-0.3, -0.25) is 9.59 Å². The van der Waals surface area contributed by atoms with Crippen LogP contribution in [0.25, 0.3) is 0 Å². The molecule has 19 heavy (non-hydrogen) atoms. The van der Waals surface area contributed by atoms with Crippen LogP contribution in [0.4, 0.5) is 0 Å². The fourth-order valence-corrected chi connectivity index (χ4v) is 2.36. The summed E-state index contributed by atoms with van der Waals surface area (Å²) in [4.78, 5) is 24.9. The van der Waals surface area contributed by atoms with E-state index in [1.807, 2.05) is 26.0 Å². The van der Waals surface area contributed by atoms with E-state index >= 15 is 0 Å². The molecule has 2 rings (SSSR count). The second-order valence-electron chi connectivity index (χ2n) is 5.48. The molecule has 1 aromatic rings. The monoisotopic (exact) mass is 261 g/mol. The maximum Gasteiger partial charge on any atom is 0.319 e. The number of hydrogen-bond donors (Lipinski definition) is 1. The average Bonchev–Trinajstić information content (AvgIpc) is 3.13. The number of nitrogens with zero attached hydrogens (tertiary/aromatic N) is 1. The second kappa shape index (κ2) is 4.68. The van der Waals surface area contributed by atoms with Gasteiger partial charge in [0.15, 0.2) is 0 Å². The lowest BCUT2D eigenvalue weighted by atomic mass is 10.0. The summed E-state index contributed by atoms with van der Waals surface area (Å²) in [5, 5.41) is 9.13. The third-order valence-corrected chi connectivity index (χ3v) is 3.82. The largest absolute Gasteiger partial charge is 0.480 e. The molecule has 0 aliphatic heterocycles. The summed E-state index contributed by atoms with van der Waals surface area (Å²) in [6.07, 6.45) is 0.913. The molecule has 1 amide bonds. The highest BCUT2D eigenvalue weighted by molar-refractivity contribution is 6.04. The van der Waals surface area contributed by atoms with Crippen molar-refractivity contribution in [1.29, 1.82) is 0 Å². The van der Waals surface area contributed by atoms with Gasteiger partial charge in [-0.25, -0.2) is 0 Å². The first kappa shape index (κ1) is 13.6. The quantitative estimate of drug-likeness (QED) is 0.845. The molecule has 0 saturated heterocycles. The number of carboxylic acids is 1. The Hall–Kier alpha value is -1.84. The van der Waals surface area contributed by atoms with Crippen LogP contribution in [0.3, 0.4) is 0 Å². The molecule has 0 spiro atoms. The number of carbonyl (C=O) groups excluding carboxylic acids is 1. The van der Waals surface area contributed by atoms with Gasteiger partial charge in [-0.1, -0.05) is 23.8 Å². The standard InChI is InChI=1S/C15H19NO3/c1-10-4-5-12(11(2)8-10)9-16(3)13(17)15(6-7-15)14(18)19/h4-5,8H,6-7,9H2,1-3H3,(H,18,19). The van der Waals surface area contributed by atoms with Crippen LogP contribution in [0.5, 0.6) is 0 Å². The Morgan fingerprint density at radius 1 is 1.32 bits per heavy atom. The molecule has 0 bridgehead atoms. The van der Waals surface area contributed by atoms with E-state index in [-0.39, 0.29) is 5.91 Å². The maximum absolute atomic E-state index is 12.2. The molecule has 4 heteroatoms. The highest BCUT2D eigenvalue weighted by atomic mass is 16.4. The van der Waals surface area contributed by atoms with E-state index in [1.165, 1.54) is 10.5 Å². The van der Waals surface area contributed by atoms with Crippen molar-refractivity contribution in [2.75, 3.05) is 7.05 Å². The van der Waals surface area contributed by atoms with Gasteiger partial charge in [0.05, 0.1) is 0 Å². The molecule has 0 heterocycles. The molecule has 1 aromatic carbocycles. The van der Waals surface area contributed by atoms with E-state index in [4.69, 9.17) is 5.11 Å². The molecule has 1 aliphatic carbocycles. The van der Waals surface area contributed by atoms with E-state index in [0.29, 0.717) is 19.4 Å². The van der Waals surface area contributed by atoms with Gasteiger partial charge in [0.2, 0.25) is 5.91 Å². The van der Waals surface area contributed by atoms with Crippen molar-refractivity contribution in [3.05, 3.63) is 34.9 Å². The zero-order chi connectivity index (χ0) is 14.2. The smallest absolute Gasteiger partial charge is 0.319 e. The van der Waals surface area contributed by atoms with Gasteiger partial charge in [-0.05, 0) is 37.8 Å². The van der Waals surface area contributed by atoms with Crippen molar-refractivity contribution in [2.24, 2.45) is 5.41 Å². The Labute approximate surface area is 113 Å². The van der Waals surface area contributed by atoms with Crippen LogP contribution in [0.1, 0.15) is 29.5 Å². The lowest BCUT2D eigenvalue weighted by molar-refractivity contribution is -0.153. The minimum Gasteiger partial charge on any atom is -0.480 e. The topological polar surface area (TPSA) is 57.6 Å². The van der Waals surface area contributed by atoms with Gasteiger partial charge < -0.3 is 10.0 Å². The minimum absolute atomic E-state index is 0.278. The third kappa shape index (κ3) is 2.48. The number of aliphatic carboxylic acids is 1. The number of amides is 1. The van der Waals surface area contributed by atoms with Crippen molar-refractivity contribution in [2.45, 2.75) is 33.2 Å². The summed E-state index contributed by atoms with van der Waals surface area (Å²) in [7, 11) is 1.67. The van der Waals surface area contributed by atoms with E-state index in [1.54, 1.807) is 7.05 Å². The fraction of sp³-hybridized carbons (Fsp3) is 0.467. The Bertz CT molecular complexity index is 532. The molecule has 102 valence electrons. The number of carbonyl (C=O) groups is 2. The Morgan fingerprint density at radius 2 is 1.95 bits per heavy atom. The highest BCUT2D eigenvalue weighted by Gasteiger charge is 2.58. The zero-order valence-corrected chi connectivity index (χ0v) is 11.6. The maximum atomic E-state index is 12.2. The van der Waals surface area contributed by atoms with Gasteiger partial charge in [0.1, 0.15) is 5.41 Å². The van der Waals surface area contributed by atoms with Crippen molar-refractivity contribution in [3.63, 3.8) is 0 Å². The molecular weight excluding hydrogens is 242 g/mol. The Balaban J connectivity index is 2.11. The van der Waals surface area contributed by atoms with Crippen LogP contribution in [0.2, 0.25) is 0 Å². The first-order chi connectivity index (χ1) is 8.86. The fourth-order valence-electron chi connectivity index (χ4n) is 2.36. The number of aryl methyl sites for hydroxylation is 2. The summed E-state index contributed by atoms with van der Waals surface area (Å²) in [6.45, 7) is 4.49. The molecule has 1 saturated carbocycles. The van der Waals surface area contributed by atoms with Crippen LogP contribution in [0, 0.1) is 19.3 Å². The molecule has 0 unspecified atom stereocenters. The van der Waals surface area contributed by atoms with Crippen molar-refractivity contribution < 1.29 is 14.7 Å². The van der Waals surface area contributed by atoms with Gasteiger partial charge in [-0.15, -0.1) is 0 Å². The first-order valence-corrected chi connectivity index (χ1v) is 6.42. The zero-order valence-electron chi connectivity index (χ0n) is 11.6. The molecular formula is C15H19NO3. The minimum atomic E-state index is -1.15. The van der Waals surface area contributed by atoms with Crippen LogP contribution in [0.15, 0.2) is 18.2 Å². The average molecular weight is 261 g/mol. The number of rotatable bonds is 4. The highest BCUT2D eigenvalue weighted by Crippen LogP contribution is 2.47. The van der Waals surface area contributed by atoms with Crippen LogP contribution >= 0.6 is 0 Å². The van der Waals surface area contributed by atoms with Crippen molar-refractivity contribution >= 4 is 11.9 Å². The van der Waals surface area contributed by atoms with E-state index in [2.05, 4.69) is 6.07 Å². The van der Waals surface area contributed by atoms with Gasteiger partial charge in [-0.2, -0.15) is 0 Å². The van der Waals surface area contributed by atoms with E-state index < -0.39 is 11.4 Å². The van der Waals surface area contributed by atoms with E-state index in [0.717, 1.165) is 11.1 Å². The predicted octanol–water partition coefficient (Wildman–Crippen LogP) is 2.13. The molecule has 0 atom stereocenters. The van der Waals surface area contributed by atoms with Crippen LogP contribution < -0.4 is 0 Å². The number of hydrogen-bond acceptors (Lipinski definition) is 2. The number of carboxylic acid groups (broad SMARTS) is 1. The summed E-state index contributed by atoms with van der Waals surface area (Å²) in [5.74, 6) is -1.27. The molecule has 1 N–H and O–H groups in total. The van der Waals surface area contributed by atoms with Gasteiger partial charge in [0, 0.05) is 13.6 Å². The summed E-state index contributed by atoms with van der Waals surface area (Å²) in [6, 6.07) is 6.07. The molecule has 4 nitrogen and oxygen atoms in total. The van der Waals surface area contributed by atoms with Crippen LogP contribution in [-0.4, -0.2) is 28.9 Å². The summed E-state index contributed by atoms with van der Waals surface area (Å²) in [5.41, 5.74) is 2.22. The Morgan fingerprint density at radius 3 is 2.42 bits per heavy atom. The third-order valence-electron chi connectivity index (χ3n) is 3.82. The number of benzene rings is 1. The SMILES string of the molecule is Cc1ccc(CN(C)C(=O)C2(C(=O)O)CC2)c(C)c1. The van der Waals surface area contributed by atoms with Gasteiger partial charge in [0.25, 0.3) is 0 Å². The van der Waals surface area contributed by atoms with Crippen molar-refractivity contribution in [3.8, 4) is 0 Å². The van der Waals surface area contributed by atoms with Crippen molar-refractivity contribution in [1.82, 2.24) is 4.90 Å². The van der Waals surface area contributed by atoms with Crippen LogP contribution in [-0.2, 0) is 16.1 Å². The molecule has 0 aromatic heterocycles. The first-order valence-electron chi connectivity index (χ1n) is 6.42. The predicted molar refractivity (Wildman–Crippen MR) is 71.7 cm³/mol.